The van der Waals surface area contributed by atoms with Gasteiger partial charge in [0.2, 0.25) is 0 Å². The number of hydrogen-bond donors (Lipinski definition) is 0. The first-order valence-electron chi connectivity index (χ1n) is 11.6. The zero-order valence-electron chi connectivity index (χ0n) is 19.4. The molecule has 0 bridgehead atoms. The van der Waals surface area contributed by atoms with E-state index in [0.29, 0.717) is 5.92 Å². The molecule has 1 aliphatic rings. The monoisotopic (exact) mass is 429 g/mol. The van der Waals surface area contributed by atoms with Gasteiger partial charge in [0, 0.05) is 5.56 Å². The Morgan fingerprint density at radius 2 is 1.79 bits per heavy atom. The van der Waals surface area contributed by atoms with Crippen LogP contribution in [0.2, 0.25) is 0 Å². The molecule has 6 rings (SSSR count). The zero-order chi connectivity index (χ0) is 22.7. The summed E-state index contributed by atoms with van der Waals surface area (Å²) in [5, 5.41) is 4.86. The van der Waals surface area contributed by atoms with E-state index in [4.69, 9.17) is 4.42 Å². The van der Waals surface area contributed by atoms with Crippen LogP contribution in [0.1, 0.15) is 37.0 Å². The van der Waals surface area contributed by atoms with Crippen LogP contribution in [-0.4, -0.2) is 11.3 Å². The third kappa shape index (κ3) is 3.09. The van der Waals surface area contributed by atoms with Crippen molar-refractivity contribution in [3.63, 3.8) is 0 Å². The largest absolute Gasteiger partial charge is 0.286 e. The summed E-state index contributed by atoms with van der Waals surface area (Å²) in [6, 6.07) is 26.9. The van der Waals surface area contributed by atoms with Crippen molar-refractivity contribution < 1.29 is 8.99 Å². The molecule has 0 fully saturated rings. The lowest BCUT2D eigenvalue weighted by molar-refractivity contribution is -0.400. The first-order valence-corrected chi connectivity index (χ1v) is 11.6. The number of furan rings is 1. The van der Waals surface area contributed by atoms with Gasteiger partial charge >= 0.3 is 0 Å². The third-order valence-electron chi connectivity index (χ3n) is 6.65. The van der Waals surface area contributed by atoms with Crippen molar-refractivity contribution in [1.82, 2.24) is 0 Å². The smallest absolute Gasteiger partial charge is 0.278 e. The normalized spacial score (nSPS) is 13.9. The number of hydrogen-bond acceptors (Lipinski definition) is 0. The van der Waals surface area contributed by atoms with Gasteiger partial charge in [-0.15, -0.1) is 18.2 Å². The second-order valence-electron chi connectivity index (χ2n) is 9.55. The Morgan fingerprint density at radius 1 is 0.970 bits per heavy atom. The zero-order valence-corrected chi connectivity index (χ0v) is 19.4. The van der Waals surface area contributed by atoms with Crippen molar-refractivity contribution in [2.75, 3.05) is 0 Å². The third-order valence-corrected chi connectivity index (χ3v) is 6.65. The molecule has 0 saturated carbocycles. The fourth-order valence-electron chi connectivity index (χ4n) is 5.25. The standard InChI is InChI=1S/C31H27NO/c1-19(2)15-22-18-28(32(4)27-14-13-21-9-5-6-10-23(21)30(22)27)26-17-20(3)16-25-24-11-7-8-12-29(24)33-31(25)26/h5-14,16-19H,4,15H2,1-3H3. The predicted molar refractivity (Wildman–Crippen MR) is 139 cm³/mol. The van der Waals surface area contributed by atoms with Gasteiger partial charge in [0.1, 0.15) is 0 Å². The maximum absolute atomic E-state index is 6.41. The fourth-order valence-corrected chi connectivity index (χ4v) is 5.25. The molecule has 1 aromatic heterocycles. The first-order chi connectivity index (χ1) is 16.0. The molecule has 162 valence electrons. The van der Waals surface area contributed by atoms with Crippen molar-refractivity contribution in [2.45, 2.75) is 27.2 Å². The molecule has 0 atom stereocenters. The molecule has 0 amide bonds. The molecule has 0 aliphatic carbocycles. The van der Waals surface area contributed by atoms with E-state index < -0.39 is 0 Å². The van der Waals surface area contributed by atoms with Crippen molar-refractivity contribution in [1.29, 1.82) is 0 Å². The number of para-hydroxylation sites is 1. The van der Waals surface area contributed by atoms with E-state index in [-0.39, 0.29) is 0 Å². The van der Waals surface area contributed by atoms with E-state index in [9.17, 15) is 0 Å². The van der Waals surface area contributed by atoms with Gasteiger partial charge < -0.3 is 0 Å². The average Bonchev–Trinajstić information content (AvgIpc) is 3.18. The summed E-state index contributed by atoms with van der Waals surface area (Å²) in [5.74, 6) is 0.546. The molecule has 2 heterocycles. The van der Waals surface area contributed by atoms with E-state index in [1.807, 2.05) is 12.1 Å². The highest BCUT2D eigenvalue weighted by Gasteiger charge is 2.31. The second kappa shape index (κ2) is 7.38. The minimum atomic E-state index is 0.546. The molecule has 2 nitrogen and oxygen atoms in total. The minimum Gasteiger partial charge on any atom is -0.286 e. The van der Waals surface area contributed by atoms with E-state index >= 15 is 0 Å². The van der Waals surface area contributed by atoms with Gasteiger partial charge in [0.15, 0.2) is 11.7 Å². The van der Waals surface area contributed by atoms with Gasteiger partial charge in [-0.25, -0.2) is 4.58 Å². The molecule has 2 heteroatoms. The fraction of sp³-hybridized carbons (Fsp3) is 0.161. The topological polar surface area (TPSA) is 14.3 Å². The van der Waals surface area contributed by atoms with Gasteiger partial charge in [-0.05, 0) is 59.0 Å². The molecule has 0 saturated heterocycles. The van der Waals surface area contributed by atoms with Crippen molar-refractivity contribution in [2.24, 2.45) is 5.92 Å². The van der Waals surface area contributed by atoms with Crippen molar-refractivity contribution in [3.05, 3.63) is 102 Å². The summed E-state index contributed by atoms with van der Waals surface area (Å²) in [6.45, 7) is 11.2. The lowest BCUT2D eigenvalue weighted by Gasteiger charge is -2.28. The summed E-state index contributed by atoms with van der Waals surface area (Å²) in [4.78, 5) is 0. The molecule has 5 aromatic rings. The number of aryl methyl sites for hydroxylation is 1. The molecule has 0 N–H and O–H groups in total. The summed E-state index contributed by atoms with van der Waals surface area (Å²) in [6.07, 6.45) is 3.34. The van der Waals surface area contributed by atoms with E-state index in [2.05, 4.69) is 98.8 Å². The molecular weight excluding hydrogens is 402 g/mol. The Hall–Kier alpha value is -3.78. The molecule has 0 unspecified atom stereocenters. The summed E-state index contributed by atoms with van der Waals surface area (Å²) in [7, 11) is 0. The van der Waals surface area contributed by atoms with Crippen LogP contribution in [0.25, 0.3) is 38.3 Å². The van der Waals surface area contributed by atoms with Gasteiger partial charge in [0.05, 0.1) is 12.3 Å². The Morgan fingerprint density at radius 3 is 2.64 bits per heavy atom. The van der Waals surface area contributed by atoms with E-state index in [1.54, 1.807) is 0 Å². The summed E-state index contributed by atoms with van der Waals surface area (Å²) >= 11 is 0. The van der Waals surface area contributed by atoms with E-state index in [1.165, 1.54) is 27.5 Å². The van der Waals surface area contributed by atoms with Crippen LogP contribution in [-0.2, 0) is 0 Å². The lowest BCUT2D eigenvalue weighted by atomic mass is 9.85. The first kappa shape index (κ1) is 19.9. The van der Waals surface area contributed by atoms with Gasteiger partial charge in [-0.3, -0.25) is 4.42 Å². The van der Waals surface area contributed by atoms with Crippen LogP contribution in [0.15, 0.2) is 83.3 Å². The van der Waals surface area contributed by atoms with Crippen LogP contribution in [0, 0.1) is 18.9 Å². The van der Waals surface area contributed by atoms with Crippen LogP contribution in [0.4, 0.5) is 5.69 Å². The quantitative estimate of drug-likeness (QED) is 0.159. The van der Waals surface area contributed by atoms with Gasteiger partial charge in [-0.2, -0.15) is 0 Å². The summed E-state index contributed by atoms with van der Waals surface area (Å²) in [5.41, 5.74) is 7.96. The Bertz CT molecular complexity index is 1600. The number of benzene rings is 4. The minimum absolute atomic E-state index is 0.546. The molecule has 0 radical (unpaired) electrons. The second-order valence-corrected chi connectivity index (χ2v) is 9.55. The average molecular weight is 430 g/mol. The van der Waals surface area contributed by atoms with Crippen LogP contribution in [0.3, 0.4) is 0 Å². The van der Waals surface area contributed by atoms with Gasteiger partial charge in [0.25, 0.3) is 11.2 Å². The Labute approximate surface area is 194 Å². The number of fused-ring (bicyclic) bond motifs is 6. The van der Waals surface area contributed by atoms with E-state index in [0.717, 1.165) is 45.7 Å². The van der Waals surface area contributed by atoms with Gasteiger partial charge in [-0.1, -0.05) is 67.4 Å². The highest BCUT2D eigenvalue weighted by Crippen LogP contribution is 2.46. The SMILES string of the molecule is C=[N+]1c2ccc3ccccc3c2C(CC(C)C)=C[C-]1c1cc(C)cc2c1[o+][c-]1ccccc21. The number of nitrogens with zero attached hydrogens (tertiary/aromatic N) is 1. The number of rotatable bonds is 3. The molecule has 1 aliphatic heterocycles. The summed E-state index contributed by atoms with van der Waals surface area (Å²) < 4.78 is 8.50. The van der Waals surface area contributed by atoms with Crippen LogP contribution in [0.5, 0.6) is 0 Å². The maximum atomic E-state index is 6.41. The lowest BCUT2D eigenvalue weighted by Crippen LogP contribution is -2.18. The predicted octanol–water partition coefficient (Wildman–Crippen LogP) is 8.42. The van der Waals surface area contributed by atoms with Crippen molar-refractivity contribution >= 4 is 50.7 Å². The van der Waals surface area contributed by atoms with Crippen LogP contribution < -0.4 is 0 Å². The highest BCUT2D eigenvalue weighted by molar-refractivity contribution is 6.07. The molecule has 0 spiro atoms. The molecule has 4 aromatic carbocycles. The molecular formula is C31H27NO. The maximum Gasteiger partial charge on any atom is 0.278 e. The van der Waals surface area contributed by atoms with Crippen molar-refractivity contribution in [3.8, 4) is 0 Å². The van der Waals surface area contributed by atoms with Crippen LogP contribution >= 0.6 is 0 Å². The Kier molecular flexibility index (Phi) is 4.45. The highest BCUT2D eigenvalue weighted by atomic mass is 16.3. The molecule has 33 heavy (non-hydrogen) atoms. The Balaban J connectivity index is 1.63. The number of allylic oxidation sites excluding steroid dienone is 1.